The number of tetrazole rings is 1. The lowest BCUT2D eigenvalue weighted by Gasteiger charge is -2.09. The molecular formula is C16H17N5O2S. The van der Waals surface area contributed by atoms with Crippen molar-refractivity contribution in [2.75, 3.05) is 4.72 Å². The van der Waals surface area contributed by atoms with Crippen molar-refractivity contribution in [3.05, 3.63) is 54.1 Å². The minimum Gasteiger partial charge on any atom is -0.280 e. The fourth-order valence-electron chi connectivity index (χ4n) is 2.31. The van der Waals surface area contributed by atoms with Gasteiger partial charge in [0.1, 0.15) is 0 Å². The fourth-order valence-corrected chi connectivity index (χ4v) is 3.36. The van der Waals surface area contributed by atoms with Crippen LogP contribution in [0.5, 0.6) is 0 Å². The quantitative estimate of drug-likeness (QED) is 0.767. The summed E-state index contributed by atoms with van der Waals surface area (Å²) in [7, 11) is -1.92. The molecule has 0 atom stereocenters. The second kappa shape index (κ2) is 6.40. The highest BCUT2D eigenvalue weighted by atomic mass is 32.2. The van der Waals surface area contributed by atoms with Gasteiger partial charge >= 0.3 is 0 Å². The van der Waals surface area contributed by atoms with Crippen molar-refractivity contribution in [2.45, 2.75) is 18.2 Å². The molecule has 24 heavy (non-hydrogen) atoms. The molecule has 7 nitrogen and oxygen atoms in total. The summed E-state index contributed by atoms with van der Waals surface area (Å²) in [6.45, 7) is 2.02. The molecule has 2 aromatic carbocycles. The average Bonchev–Trinajstić information content (AvgIpc) is 3.01. The molecule has 0 bridgehead atoms. The molecule has 0 aliphatic heterocycles. The minimum atomic E-state index is -3.64. The molecule has 1 N–H and O–H groups in total. The average molecular weight is 343 g/mol. The van der Waals surface area contributed by atoms with Crippen molar-refractivity contribution in [1.82, 2.24) is 20.2 Å². The van der Waals surface area contributed by atoms with Gasteiger partial charge in [0, 0.05) is 18.3 Å². The molecular weight excluding hydrogens is 326 g/mol. The lowest BCUT2D eigenvalue weighted by Crippen LogP contribution is -2.13. The standard InChI is InChI=1S/C16H17N5O2S/c1-3-12-7-9-15(10-8-12)24(22,23)18-14-6-4-5-13(11-14)16-17-19-20-21(16)2/h4-11,18H,3H2,1-2H3. The SMILES string of the molecule is CCc1ccc(S(=O)(=O)Nc2cccc(-c3nnnn3C)c2)cc1. The third-order valence-corrected chi connectivity index (χ3v) is 5.03. The van der Waals surface area contributed by atoms with Crippen molar-refractivity contribution in [3.8, 4) is 11.4 Å². The number of aromatic nitrogens is 4. The molecule has 0 aliphatic rings. The summed E-state index contributed by atoms with van der Waals surface area (Å²) in [5, 5.41) is 11.3. The van der Waals surface area contributed by atoms with Crippen LogP contribution >= 0.6 is 0 Å². The van der Waals surface area contributed by atoms with Gasteiger partial charge in [-0.3, -0.25) is 4.72 Å². The van der Waals surface area contributed by atoms with Gasteiger partial charge in [-0.25, -0.2) is 13.1 Å². The molecule has 0 unspecified atom stereocenters. The molecule has 0 radical (unpaired) electrons. The van der Waals surface area contributed by atoms with Gasteiger partial charge in [0.25, 0.3) is 10.0 Å². The maximum Gasteiger partial charge on any atom is 0.261 e. The number of benzene rings is 2. The van der Waals surface area contributed by atoms with Gasteiger partial charge in [-0.2, -0.15) is 0 Å². The van der Waals surface area contributed by atoms with Crippen LogP contribution in [0, 0.1) is 0 Å². The van der Waals surface area contributed by atoms with E-state index in [1.165, 1.54) is 4.68 Å². The summed E-state index contributed by atoms with van der Waals surface area (Å²) < 4.78 is 29.1. The molecule has 3 rings (SSSR count). The van der Waals surface area contributed by atoms with Crippen molar-refractivity contribution < 1.29 is 8.42 Å². The summed E-state index contributed by atoms with van der Waals surface area (Å²) in [5.41, 5.74) is 2.27. The zero-order chi connectivity index (χ0) is 17.2. The van der Waals surface area contributed by atoms with Crippen molar-refractivity contribution >= 4 is 15.7 Å². The molecule has 0 saturated heterocycles. The van der Waals surface area contributed by atoms with E-state index in [-0.39, 0.29) is 4.90 Å². The molecule has 0 spiro atoms. The van der Waals surface area contributed by atoms with Crippen LogP contribution in [0.25, 0.3) is 11.4 Å². The molecule has 1 heterocycles. The predicted octanol–water partition coefficient (Wildman–Crippen LogP) is 2.24. The van der Waals surface area contributed by atoms with Crippen LogP contribution in [-0.2, 0) is 23.5 Å². The first-order valence-corrected chi connectivity index (χ1v) is 8.92. The van der Waals surface area contributed by atoms with Gasteiger partial charge < -0.3 is 0 Å². The van der Waals surface area contributed by atoms with Crippen LogP contribution in [0.1, 0.15) is 12.5 Å². The monoisotopic (exact) mass is 343 g/mol. The first-order valence-electron chi connectivity index (χ1n) is 7.44. The molecule has 3 aromatic rings. The van der Waals surface area contributed by atoms with Crippen LogP contribution in [0.15, 0.2) is 53.4 Å². The Balaban J connectivity index is 1.88. The molecule has 1 aromatic heterocycles. The summed E-state index contributed by atoms with van der Waals surface area (Å²) in [5.74, 6) is 0.559. The number of rotatable bonds is 5. The van der Waals surface area contributed by atoms with E-state index in [0.717, 1.165) is 17.5 Å². The second-order valence-corrected chi connectivity index (χ2v) is 6.99. The number of aryl methyl sites for hydroxylation is 2. The van der Waals surface area contributed by atoms with Gasteiger partial charge in [-0.05, 0) is 46.7 Å². The Labute approximate surface area is 140 Å². The Bertz CT molecular complexity index is 949. The zero-order valence-corrected chi connectivity index (χ0v) is 14.2. The van der Waals surface area contributed by atoms with Gasteiger partial charge in [-0.1, -0.05) is 31.2 Å². The molecule has 8 heteroatoms. The van der Waals surface area contributed by atoms with Gasteiger partial charge in [0.2, 0.25) is 0 Å². The van der Waals surface area contributed by atoms with Gasteiger partial charge in [0.15, 0.2) is 5.82 Å². The van der Waals surface area contributed by atoms with Crippen LogP contribution in [-0.4, -0.2) is 28.6 Å². The molecule has 0 aliphatic carbocycles. The normalized spacial score (nSPS) is 11.4. The molecule has 0 fully saturated rings. The van der Waals surface area contributed by atoms with Crippen molar-refractivity contribution in [1.29, 1.82) is 0 Å². The Kier molecular flexibility index (Phi) is 4.30. The van der Waals surface area contributed by atoms with Crippen LogP contribution in [0.2, 0.25) is 0 Å². The largest absolute Gasteiger partial charge is 0.280 e. The Morgan fingerprint density at radius 3 is 2.50 bits per heavy atom. The number of nitrogens with one attached hydrogen (secondary N) is 1. The maximum absolute atomic E-state index is 12.5. The summed E-state index contributed by atoms with van der Waals surface area (Å²) in [4.78, 5) is 0.227. The van der Waals surface area contributed by atoms with E-state index in [1.807, 2.05) is 25.1 Å². The number of nitrogens with zero attached hydrogens (tertiary/aromatic N) is 4. The van der Waals surface area contributed by atoms with Crippen LogP contribution in [0.4, 0.5) is 5.69 Å². The summed E-state index contributed by atoms with van der Waals surface area (Å²) >= 11 is 0. The Hall–Kier alpha value is -2.74. The smallest absolute Gasteiger partial charge is 0.261 e. The number of hydrogen-bond acceptors (Lipinski definition) is 5. The van der Waals surface area contributed by atoms with Crippen LogP contribution < -0.4 is 4.72 Å². The number of anilines is 1. The topological polar surface area (TPSA) is 89.8 Å². The van der Waals surface area contributed by atoms with E-state index >= 15 is 0 Å². The lowest BCUT2D eigenvalue weighted by atomic mass is 10.2. The molecule has 124 valence electrons. The third kappa shape index (κ3) is 3.28. The van der Waals surface area contributed by atoms with E-state index in [2.05, 4.69) is 20.2 Å². The summed E-state index contributed by atoms with van der Waals surface area (Å²) in [6.07, 6.45) is 0.863. The van der Waals surface area contributed by atoms with Gasteiger partial charge in [0.05, 0.1) is 4.90 Å². The zero-order valence-electron chi connectivity index (χ0n) is 13.3. The highest BCUT2D eigenvalue weighted by Crippen LogP contribution is 2.22. The Morgan fingerprint density at radius 1 is 1.12 bits per heavy atom. The van der Waals surface area contributed by atoms with E-state index in [1.54, 1.807) is 37.4 Å². The first-order chi connectivity index (χ1) is 11.5. The third-order valence-electron chi connectivity index (χ3n) is 3.64. The van der Waals surface area contributed by atoms with E-state index in [4.69, 9.17) is 0 Å². The van der Waals surface area contributed by atoms with Crippen molar-refractivity contribution in [3.63, 3.8) is 0 Å². The molecule has 0 amide bonds. The highest BCUT2D eigenvalue weighted by molar-refractivity contribution is 7.92. The number of sulfonamides is 1. The first kappa shape index (κ1) is 16.1. The van der Waals surface area contributed by atoms with Gasteiger partial charge in [-0.15, -0.1) is 5.10 Å². The predicted molar refractivity (Wildman–Crippen MR) is 90.9 cm³/mol. The summed E-state index contributed by atoms with van der Waals surface area (Å²) in [6, 6.07) is 13.8. The Morgan fingerprint density at radius 2 is 1.88 bits per heavy atom. The minimum absolute atomic E-state index is 0.227. The highest BCUT2D eigenvalue weighted by Gasteiger charge is 2.15. The van der Waals surface area contributed by atoms with Crippen molar-refractivity contribution in [2.24, 2.45) is 7.05 Å². The second-order valence-electron chi connectivity index (χ2n) is 5.31. The number of hydrogen-bond donors (Lipinski definition) is 1. The maximum atomic E-state index is 12.5. The fraction of sp³-hybridized carbons (Fsp3) is 0.188. The van der Waals surface area contributed by atoms with E-state index in [9.17, 15) is 8.42 Å². The van der Waals surface area contributed by atoms with E-state index in [0.29, 0.717) is 11.5 Å². The van der Waals surface area contributed by atoms with E-state index < -0.39 is 10.0 Å². The molecule has 0 saturated carbocycles. The van der Waals surface area contributed by atoms with Crippen LogP contribution in [0.3, 0.4) is 0 Å². The lowest BCUT2D eigenvalue weighted by molar-refractivity contribution is 0.601.